The van der Waals surface area contributed by atoms with E-state index >= 15 is 0 Å². The number of benzene rings is 1. The predicted octanol–water partition coefficient (Wildman–Crippen LogP) is 3.30. The fourth-order valence-corrected chi connectivity index (χ4v) is 3.01. The Hall–Kier alpha value is -0.990. The van der Waals surface area contributed by atoms with E-state index in [-0.39, 0.29) is 0 Å². The van der Waals surface area contributed by atoms with Gasteiger partial charge in [0.2, 0.25) is 0 Å². The van der Waals surface area contributed by atoms with Crippen LogP contribution in [0.25, 0.3) is 10.9 Å². The minimum atomic E-state index is 0.630. The van der Waals surface area contributed by atoms with Crippen LogP contribution in [0.4, 0.5) is 0 Å². The summed E-state index contributed by atoms with van der Waals surface area (Å²) in [5, 5.41) is 5.62. The number of rotatable bonds is 1. The van der Waals surface area contributed by atoms with Gasteiger partial charge in [-0.2, -0.15) is 0 Å². The Bertz CT molecular complexity index is 538. The molecule has 1 saturated heterocycles. The molecule has 2 heterocycles. The van der Waals surface area contributed by atoms with Crippen LogP contribution in [0.15, 0.2) is 24.4 Å². The van der Waals surface area contributed by atoms with Crippen molar-refractivity contribution in [3.63, 3.8) is 0 Å². The lowest BCUT2D eigenvalue weighted by Crippen LogP contribution is -2.28. The van der Waals surface area contributed by atoms with Crippen LogP contribution in [0.2, 0.25) is 5.02 Å². The summed E-state index contributed by atoms with van der Waals surface area (Å²) in [4.78, 5) is 0. The Morgan fingerprint density at radius 2 is 2.29 bits per heavy atom. The van der Waals surface area contributed by atoms with Crippen molar-refractivity contribution < 1.29 is 0 Å². The molecule has 1 aromatic heterocycles. The van der Waals surface area contributed by atoms with Gasteiger partial charge in [-0.25, -0.2) is 0 Å². The third-order valence-electron chi connectivity index (χ3n) is 3.72. The van der Waals surface area contributed by atoms with Gasteiger partial charge in [0.1, 0.15) is 0 Å². The molecule has 0 radical (unpaired) electrons. The van der Waals surface area contributed by atoms with Gasteiger partial charge >= 0.3 is 0 Å². The molecule has 1 aliphatic rings. The van der Waals surface area contributed by atoms with Crippen molar-refractivity contribution in [2.45, 2.75) is 18.8 Å². The van der Waals surface area contributed by atoms with Crippen LogP contribution in [0.3, 0.4) is 0 Å². The van der Waals surface area contributed by atoms with Crippen LogP contribution in [0, 0.1) is 0 Å². The quantitative estimate of drug-likeness (QED) is 0.820. The molecule has 90 valence electrons. The maximum absolute atomic E-state index is 6.11. The Morgan fingerprint density at radius 1 is 1.41 bits per heavy atom. The van der Waals surface area contributed by atoms with Gasteiger partial charge in [-0.3, -0.25) is 0 Å². The molecule has 1 aliphatic heterocycles. The van der Waals surface area contributed by atoms with E-state index in [4.69, 9.17) is 11.6 Å². The number of hydrogen-bond donors (Lipinski definition) is 1. The molecule has 1 aromatic carbocycles. The van der Waals surface area contributed by atoms with Gasteiger partial charge in [-0.15, -0.1) is 0 Å². The highest BCUT2D eigenvalue weighted by Crippen LogP contribution is 2.32. The number of fused-ring (bicyclic) bond motifs is 1. The van der Waals surface area contributed by atoms with E-state index in [9.17, 15) is 0 Å². The fourth-order valence-electron chi connectivity index (χ4n) is 2.84. The molecular formula is C14H17ClN2. The summed E-state index contributed by atoms with van der Waals surface area (Å²) < 4.78 is 2.20. The van der Waals surface area contributed by atoms with E-state index in [2.05, 4.69) is 35.3 Å². The van der Waals surface area contributed by atoms with Crippen molar-refractivity contribution in [3.05, 3.63) is 35.0 Å². The average molecular weight is 249 g/mol. The lowest BCUT2D eigenvalue weighted by molar-refractivity contribution is 0.463. The molecule has 17 heavy (non-hydrogen) atoms. The standard InChI is InChI=1S/C14H17ClN2/c1-17-9-13(10-3-2-6-16-8-10)12-7-11(15)4-5-14(12)17/h4-5,7,9-10,16H,2-3,6,8H2,1H3. The second kappa shape index (κ2) is 4.35. The van der Waals surface area contributed by atoms with E-state index in [1.807, 2.05) is 6.07 Å². The minimum absolute atomic E-state index is 0.630. The molecule has 0 aliphatic carbocycles. The van der Waals surface area contributed by atoms with Crippen molar-refractivity contribution in [1.82, 2.24) is 9.88 Å². The number of aryl methyl sites for hydroxylation is 1. The number of piperidine rings is 1. The van der Waals surface area contributed by atoms with E-state index in [1.54, 1.807) is 0 Å². The monoisotopic (exact) mass is 248 g/mol. The largest absolute Gasteiger partial charge is 0.350 e. The Balaban J connectivity index is 2.11. The van der Waals surface area contributed by atoms with Crippen LogP contribution in [-0.2, 0) is 7.05 Å². The van der Waals surface area contributed by atoms with Crippen LogP contribution < -0.4 is 5.32 Å². The molecule has 0 bridgehead atoms. The van der Waals surface area contributed by atoms with Crippen molar-refractivity contribution >= 4 is 22.5 Å². The zero-order chi connectivity index (χ0) is 11.8. The molecule has 0 spiro atoms. The first-order chi connectivity index (χ1) is 8.25. The number of nitrogens with one attached hydrogen (secondary N) is 1. The zero-order valence-electron chi connectivity index (χ0n) is 10.0. The van der Waals surface area contributed by atoms with Crippen molar-refractivity contribution in [2.75, 3.05) is 13.1 Å². The Kier molecular flexibility index (Phi) is 2.85. The molecule has 1 unspecified atom stereocenters. The Labute approximate surface area is 107 Å². The fraction of sp³-hybridized carbons (Fsp3) is 0.429. The van der Waals surface area contributed by atoms with Crippen molar-refractivity contribution in [3.8, 4) is 0 Å². The van der Waals surface area contributed by atoms with Gasteiger partial charge < -0.3 is 9.88 Å². The van der Waals surface area contributed by atoms with Gasteiger partial charge in [0.15, 0.2) is 0 Å². The third-order valence-corrected chi connectivity index (χ3v) is 3.95. The topological polar surface area (TPSA) is 17.0 Å². The van der Waals surface area contributed by atoms with Crippen LogP contribution in [-0.4, -0.2) is 17.7 Å². The molecule has 1 N–H and O–H groups in total. The first-order valence-electron chi connectivity index (χ1n) is 6.21. The smallest absolute Gasteiger partial charge is 0.0481 e. The summed E-state index contributed by atoms with van der Waals surface area (Å²) in [6.45, 7) is 2.24. The van der Waals surface area contributed by atoms with Gasteiger partial charge in [0, 0.05) is 35.7 Å². The van der Waals surface area contributed by atoms with Gasteiger partial charge in [-0.05, 0) is 49.1 Å². The number of halogens is 1. The van der Waals surface area contributed by atoms with Crippen LogP contribution >= 0.6 is 11.6 Å². The highest BCUT2D eigenvalue weighted by atomic mass is 35.5. The summed E-state index contributed by atoms with van der Waals surface area (Å²) in [7, 11) is 2.11. The van der Waals surface area contributed by atoms with E-state index in [0.29, 0.717) is 5.92 Å². The van der Waals surface area contributed by atoms with Crippen molar-refractivity contribution in [1.29, 1.82) is 0 Å². The summed E-state index contributed by atoms with van der Waals surface area (Å²) in [5.74, 6) is 0.630. The second-order valence-electron chi connectivity index (χ2n) is 4.90. The highest BCUT2D eigenvalue weighted by molar-refractivity contribution is 6.31. The van der Waals surface area contributed by atoms with Gasteiger partial charge in [0.25, 0.3) is 0 Å². The highest BCUT2D eigenvalue weighted by Gasteiger charge is 2.19. The molecule has 1 fully saturated rings. The molecule has 0 amide bonds. The maximum Gasteiger partial charge on any atom is 0.0481 e. The van der Waals surface area contributed by atoms with E-state index < -0.39 is 0 Å². The molecule has 3 rings (SSSR count). The van der Waals surface area contributed by atoms with Gasteiger partial charge in [-0.1, -0.05) is 11.6 Å². The third kappa shape index (κ3) is 1.96. The number of aromatic nitrogens is 1. The first kappa shape index (κ1) is 11.1. The molecular weight excluding hydrogens is 232 g/mol. The molecule has 3 heteroatoms. The lowest BCUT2D eigenvalue weighted by Gasteiger charge is -2.22. The lowest BCUT2D eigenvalue weighted by atomic mass is 9.91. The molecule has 1 atom stereocenters. The van der Waals surface area contributed by atoms with E-state index in [0.717, 1.165) is 18.1 Å². The molecule has 0 saturated carbocycles. The van der Waals surface area contributed by atoms with Crippen LogP contribution in [0.5, 0.6) is 0 Å². The second-order valence-corrected chi connectivity index (χ2v) is 5.34. The number of hydrogen-bond acceptors (Lipinski definition) is 1. The molecule has 2 nitrogen and oxygen atoms in total. The number of nitrogens with zero attached hydrogens (tertiary/aromatic N) is 1. The Morgan fingerprint density at radius 3 is 3.06 bits per heavy atom. The normalized spacial score (nSPS) is 20.9. The molecule has 2 aromatic rings. The maximum atomic E-state index is 6.11. The minimum Gasteiger partial charge on any atom is -0.350 e. The average Bonchev–Trinajstić information content (AvgIpc) is 2.67. The van der Waals surface area contributed by atoms with Crippen LogP contribution in [0.1, 0.15) is 24.3 Å². The SMILES string of the molecule is Cn1cc(C2CCCNC2)c2cc(Cl)ccc21. The zero-order valence-corrected chi connectivity index (χ0v) is 10.8. The van der Waals surface area contributed by atoms with Crippen molar-refractivity contribution in [2.24, 2.45) is 7.05 Å². The summed E-state index contributed by atoms with van der Waals surface area (Å²) in [5.41, 5.74) is 2.71. The summed E-state index contributed by atoms with van der Waals surface area (Å²) in [6, 6.07) is 6.17. The first-order valence-corrected chi connectivity index (χ1v) is 6.58. The van der Waals surface area contributed by atoms with Gasteiger partial charge in [0.05, 0.1) is 0 Å². The van der Waals surface area contributed by atoms with E-state index in [1.165, 1.54) is 29.3 Å². The summed E-state index contributed by atoms with van der Waals surface area (Å²) in [6.07, 6.45) is 4.80. The summed E-state index contributed by atoms with van der Waals surface area (Å²) >= 11 is 6.11. The predicted molar refractivity (Wildman–Crippen MR) is 72.8 cm³/mol.